The van der Waals surface area contributed by atoms with E-state index in [-0.39, 0.29) is 236 Å². The molecule has 0 spiro atoms. The van der Waals surface area contributed by atoms with Crippen molar-refractivity contribution in [3.8, 4) is 0 Å². The molecule has 0 heterocycles. The van der Waals surface area contributed by atoms with Gasteiger partial charge in [-0.3, -0.25) is 9.13 Å². The van der Waals surface area contributed by atoms with Crippen LogP contribution < -0.4 is 0 Å². The van der Waals surface area contributed by atoms with Gasteiger partial charge in [-0.05, 0) is 6.92 Å². The first-order valence-electron chi connectivity index (χ1n) is 2.34. The molecule has 0 aromatic carbocycles. The fourth-order valence-electron chi connectivity index (χ4n) is 0.170. The molecule has 0 radical (unpaired) electrons. The van der Waals surface area contributed by atoms with E-state index in [1.807, 2.05) is 0 Å². The third-order valence-corrected chi connectivity index (χ3v) is 4.87. The van der Waals surface area contributed by atoms with Gasteiger partial charge in [0.25, 0.3) is 5.08 Å². The Bertz CT molecular complexity index is 225. The Morgan fingerprint density at radius 2 is 0.737 bits per heavy atom. The van der Waals surface area contributed by atoms with Crippen molar-refractivity contribution in [3.63, 3.8) is 0 Å². The van der Waals surface area contributed by atoms with Crippen LogP contribution >= 0.6 is 15.2 Å². The number of aliphatic hydroxyl groups is 1. The third-order valence-electron chi connectivity index (χ3n) is 1.10. The van der Waals surface area contributed by atoms with Crippen LogP contribution in [-0.4, -0.2) is 266 Å². The Morgan fingerprint density at radius 3 is 0.737 bits per heavy atom. The Labute approximate surface area is 289 Å². The van der Waals surface area contributed by atoms with Gasteiger partial charge < -0.3 is 24.7 Å². The summed E-state index contributed by atoms with van der Waals surface area (Å²) in [5.41, 5.74) is 0. The SMILES string of the molecule is CC(O)(P(=O)(O)O)P(=O)(O)O.[NaH].[NaH].[NaH].[NaH].[NaH].[NaH].[NaH].[NaH]. The minimum atomic E-state index is -5.20. The van der Waals surface area contributed by atoms with Gasteiger partial charge in [-0.15, -0.1) is 0 Å². The topological polar surface area (TPSA) is 135 Å². The van der Waals surface area contributed by atoms with Crippen molar-refractivity contribution < 1.29 is 33.8 Å². The summed E-state index contributed by atoms with van der Waals surface area (Å²) < 4.78 is 20.5. The van der Waals surface area contributed by atoms with Crippen LogP contribution in [0.4, 0.5) is 0 Å². The monoisotopic (exact) mass is 398 g/mol. The van der Waals surface area contributed by atoms with E-state index in [1.54, 1.807) is 0 Å². The van der Waals surface area contributed by atoms with Crippen molar-refractivity contribution in [1.82, 2.24) is 0 Å². The zero-order valence-corrected chi connectivity index (χ0v) is 7.24. The first-order valence-corrected chi connectivity index (χ1v) is 5.56. The third kappa shape index (κ3) is 22.4. The Balaban J connectivity index is -0.0000000179. The molecular formula is C2H16Na8O7P2. The molecule has 0 unspecified atom stereocenters. The molecule has 0 fully saturated rings. The van der Waals surface area contributed by atoms with Crippen molar-refractivity contribution >= 4 is 252 Å². The molecule has 0 aliphatic carbocycles. The quantitative estimate of drug-likeness (QED) is 0.231. The van der Waals surface area contributed by atoms with E-state index < -0.39 is 20.3 Å². The van der Waals surface area contributed by atoms with Gasteiger partial charge in [-0.25, -0.2) is 0 Å². The second-order valence-electron chi connectivity index (χ2n) is 2.06. The summed E-state index contributed by atoms with van der Waals surface area (Å²) >= 11 is 0. The molecule has 17 heteroatoms. The van der Waals surface area contributed by atoms with Crippen LogP contribution in [0, 0.1) is 0 Å². The Morgan fingerprint density at radius 1 is 0.632 bits per heavy atom. The second kappa shape index (κ2) is 24.3. The summed E-state index contributed by atoms with van der Waals surface area (Å²) in [6.45, 7) is 0.383. The molecule has 0 atom stereocenters. The average molecular weight is 398 g/mol. The Kier molecular flexibility index (Phi) is 72.1. The van der Waals surface area contributed by atoms with E-state index in [4.69, 9.17) is 24.7 Å². The zero-order valence-electron chi connectivity index (χ0n) is 5.45. The standard InChI is InChI=1S/C2H8O7P2.8Na.8H/c1-2(3,10(4,5)6)11(7,8)9;;;;;;;;;;;;;;;;/h3H,1H3,(H2,4,5,6)(H2,7,8,9);;;;;;;;;;;;;;;;. The molecule has 0 amide bonds. The van der Waals surface area contributed by atoms with Crippen LogP contribution in [0.3, 0.4) is 0 Å². The van der Waals surface area contributed by atoms with E-state index in [0.29, 0.717) is 6.92 Å². The van der Waals surface area contributed by atoms with Crippen molar-refractivity contribution in [3.05, 3.63) is 0 Å². The molecule has 0 rings (SSSR count). The predicted octanol–water partition coefficient (Wildman–Crippen LogP) is -6.18. The predicted molar refractivity (Wildman–Crippen MR) is 91.9 cm³/mol. The molecule has 84 valence electrons. The van der Waals surface area contributed by atoms with E-state index >= 15 is 0 Å². The van der Waals surface area contributed by atoms with Crippen LogP contribution in [0.15, 0.2) is 0 Å². The molecule has 0 aromatic heterocycles. The molecule has 7 nitrogen and oxygen atoms in total. The molecule has 0 saturated heterocycles. The van der Waals surface area contributed by atoms with Gasteiger partial charge >= 0.3 is 252 Å². The summed E-state index contributed by atoms with van der Waals surface area (Å²) in [6, 6.07) is 0. The van der Waals surface area contributed by atoms with Gasteiger partial charge in [0.15, 0.2) is 0 Å². The van der Waals surface area contributed by atoms with E-state index in [0.717, 1.165) is 0 Å². The first-order chi connectivity index (χ1) is 4.50. The first kappa shape index (κ1) is 56.4. The van der Waals surface area contributed by atoms with Gasteiger partial charge in [0.05, 0.1) is 0 Å². The van der Waals surface area contributed by atoms with Crippen molar-refractivity contribution in [2.24, 2.45) is 0 Å². The van der Waals surface area contributed by atoms with Gasteiger partial charge in [0, 0.05) is 0 Å². The average Bonchev–Trinajstić information content (AvgIpc) is 1.58. The van der Waals surface area contributed by atoms with Crippen LogP contribution in [-0.2, 0) is 9.13 Å². The van der Waals surface area contributed by atoms with Crippen molar-refractivity contribution in [2.45, 2.75) is 12.0 Å². The van der Waals surface area contributed by atoms with Crippen LogP contribution in [0.2, 0.25) is 0 Å². The molecular weight excluding hydrogens is 382 g/mol. The number of hydrogen-bond donors (Lipinski definition) is 5. The fourth-order valence-corrected chi connectivity index (χ4v) is 1.53. The molecule has 0 saturated carbocycles. The van der Waals surface area contributed by atoms with Crippen molar-refractivity contribution in [2.75, 3.05) is 0 Å². The van der Waals surface area contributed by atoms with Crippen LogP contribution in [0.1, 0.15) is 6.92 Å². The molecule has 0 aliphatic rings. The Hall–Kier alpha value is 8.26. The van der Waals surface area contributed by atoms with Gasteiger partial charge in [-0.1, -0.05) is 0 Å². The number of hydrogen-bond acceptors (Lipinski definition) is 3. The van der Waals surface area contributed by atoms with Gasteiger partial charge in [0.2, 0.25) is 0 Å². The zero-order chi connectivity index (χ0) is 9.50. The maximum absolute atomic E-state index is 10.3. The molecule has 0 aliphatic heterocycles. The summed E-state index contributed by atoms with van der Waals surface area (Å²) in [6.07, 6.45) is 0. The second-order valence-corrected chi connectivity index (χ2v) is 6.33. The fraction of sp³-hybridized carbons (Fsp3) is 1.00. The van der Waals surface area contributed by atoms with Gasteiger partial charge in [-0.2, -0.15) is 0 Å². The van der Waals surface area contributed by atoms with Crippen LogP contribution in [0.25, 0.3) is 0 Å². The van der Waals surface area contributed by atoms with E-state index in [2.05, 4.69) is 0 Å². The number of rotatable bonds is 2. The summed E-state index contributed by atoms with van der Waals surface area (Å²) in [7, 11) is -10.4. The summed E-state index contributed by atoms with van der Waals surface area (Å²) in [5, 5.41) is 5.37. The molecule has 0 aromatic rings. The van der Waals surface area contributed by atoms with E-state index in [1.165, 1.54) is 0 Å². The summed E-state index contributed by atoms with van der Waals surface area (Å²) in [5.74, 6) is 0. The van der Waals surface area contributed by atoms with Crippen molar-refractivity contribution in [1.29, 1.82) is 0 Å². The minimum absolute atomic E-state index is 0. The summed E-state index contributed by atoms with van der Waals surface area (Å²) in [4.78, 5) is 33.0. The van der Waals surface area contributed by atoms with Gasteiger partial charge in [0.1, 0.15) is 0 Å². The van der Waals surface area contributed by atoms with Crippen LogP contribution in [0.5, 0.6) is 0 Å². The molecule has 0 bridgehead atoms. The molecule has 19 heavy (non-hydrogen) atoms. The maximum atomic E-state index is 10.3. The van der Waals surface area contributed by atoms with E-state index in [9.17, 15) is 9.13 Å². The molecule has 5 N–H and O–H groups in total. The normalized spacial score (nSPS) is 8.74.